The number of hydrogen-bond donors (Lipinski definition) is 2. The number of aromatic amines is 1. The van der Waals surface area contributed by atoms with Gasteiger partial charge in [0.1, 0.15) is 5.82 Å². The maximum absolute atomic E-state index is 4.87. The lowest BCUT2D eigenvalue weighted by molar-refractivity contribution is 0.370. The number of H-pyrrole nitrogens is 1. The largest absolute Gasteiger partial charge is 0.362 e. The molecule has 5 heteroatoms. The minimum Gasteiger partial charge on any atom is -0.362 e. The minimum atomic E-state index is 0.107. The van der Waals surface area contributed by atoms with Crippen molar-refractivity contribution in [2.75, 3.05) is 25.5 Å². The molecule has 0 aliphatic carbocycles. The highest BCUT2D eigenvalue weighted by molar-refractivity contribution is 5.90. The van der Waals surface area contributed by atoms with E-state index in [0.29, 0.717) is 0 Å². The molecule has 0 amide bonds. The number of fused-ring (bicyclic) bond motifs is 1. The molecule has 1 aliphatic heterocycles. The number of rotatable bonds is 4. The first-order valence-electron chi connectivity index (χ1n) is 8.74. The quantitative estimate of drug-likeness (QED) is 0.761. The van der Waals surface area contributed by atoms with Crippen molar-refractivity contribution < 1.29 is 0 Å². The summed E-state index contributed by atoms with van der Waals surface area (Å²) in [6.07, 6.45) is 7.28. The molecule has 0 fully saturated rings. The van der Waals surface area contributed by atoms with Crippen molar-refractivity contribution >= 4 is 22.4 Å². The van der Waals surface area contributed by atoms with Gasteiger partial charge in [-0.05, 0) is 50.2 Å². The molecular weight excluding hydrogens is 310 g/mol. The maximum atomic E-state index is 4.87. The molecule has 0 saturated carbocycles. The molecule has 3 aromatic heterocycles. The summed E-state index contributed by atoms with van der Waals surface area (Å²) in [6, 6.07) is 10.2. The van der Waals surface area contributed by atoms with Crippen molar-refractivity contribution in [2.24, 2.45) is 0 Å². The zero-order valence-electron chi connectivity index (χ0n) is 14.7. The van der Waals surface area contributed by atoms with Crippen LogP contribution in [0.1, 0.15) is 30.6 Å². The van der Waals surface area contributed by atoms with E-state index in [1.807, 2.05) is 30.5 Å². The normalized spacial score (nSPS) is 16.6. The Labute approximate surface area is 147 Å². The Hall–Kier alpha value is -2.66. The van der Waals surface area contributed by atoms with Gasteiger partial charge in [-0.3, -0.25) is 4.98 Å². The van der Waals surface area contributed by atoms with E-state index >= 15 is 0 Å². The zero-order valence-corrected chi connectivity index (χ0v) is 14.7. The molecule has 2 N–H and O–H groups in total. The van der Waals surface area contributed by atoms with Gasteiger partial charge in [0.05, 0.1) is 22.8 Å². The summed E-state index contributed by atoms with van der Waals surface area (Å²) >= 11 is 0. The number of likely N-dealkylation sites (N-methyl/N-ethyl adjacent to an activating group) is 1. The van der Waals surface area contributed by atoms with E-state index in [1.54, 1.807) is 0 Å². The number of nitrogens with zero attached hydrogens (tertiary/aromatic N) is 3. The average molecular weight is 333 g/mol. The molecule has 1 unspecified atom stereocenters. The fourth-order valence-electron chi connectivity index (χ4n) is 3.27. The second-order valence-electron chi connectivity index (χ2n) is 6.66. The average Bonchev–Trinajstić information content (AvgIpc) is 3.06. The highest BCUT2D eigenvalue weighted by Gasteiger charge is 2.15. The molecule has 25 heavy (non-hydrogen) atoms. The first-order chi connectivity index (χ1) is 12.2. The number of aromatic nitrogens is 3. The lowest BCUT2D eigenvalue weighted by atomic mass is 10.0. The summed E-state index contributed by atoms with van der Waals surface area (Å²) in [6.45, 7) is 4.19. The van der Waals surface area contributed by atoms with E-state index < -0.39 is 0 Å². The van der Waals surface area contributed by atoms with Crippen LogP contribution in [0.2, 0.25) is 0 Å². The van der Waals surface area contributed by atoms with Gasteiger partial charge in [-0.1, -0.05) is 12.1 Å². The molecule has 1 aliphatic rings. The molecule has 4 rings (SSSR count). The monoisotopic (exact) mass is 333 g/mol. The molecule has 0 radical (unpaired) electrons. The SMILES string of the molecule is CC(Nc1ccc2[nH]cc(C3=CCN(C)CC3)c2n1)c1ccccn1. The first kappa shape index (κ1) is 15.8. The molecular formula is C20H23N5. The Morgan fingerprint density at radius 3 is 2.92 bits per heavy atom. The number of nitrogens with one attached hydrogen (secondary N) is 2. The van der Waals surface area contributed by atoms with Crippen molar-refractivity contribution in [3.8, 4) is 0 Å². The number of pyridine rings is 2. The molecule has 4 heterocycles. The molecule has 1 atom stereocenters. The molecule has 5 nitrogen and oxygen atoms in total. The zero-order chi connectivity index (χ0) is 17.2. The van der Waals surface area contributed by atoms with Crippen LogP contribution in [0.4, 0.5) is 5.82 Å². The van der Waals surface area contributed by atoms with Crippen molar-refractivity contribution in [2.45, 2.75) is 19.4 Å². The minimum absolute atomic E-state index is 0.107. The van der Waals surface area contributed by atoms with Crippen molar-refractivity contribution in [3.63, 3.8) is 0 Å². The second kappa shape index (κ2) is 6.69. The van der Waals surface area contributed by atoms with E-state index in [2.05, 4.69) is 52.5 Å². The smallest absolute Gasteiger partial charge is 0.127 e. The van der Waals surface area contributed by atoms with Gasteiger partial charge in [-0.2, -0.15) is 0 Å². The molecule has 0 aromatic carbocycles. The van der Waals surface area contributed by atoms with E-state index in [0.717, 1.165) is 42.1 Å². The second-order valence-corrected chi connectivity index (χ2v) is 6.66. The molecule has 0 spiro atoms. The van der Waals surface area contributed by atoms with Crippen LogP contribution >= 0.6 is 0 Å². The van der Waals surface area contributed by atoms with Crippen molar-refractivity contribution in [1.29, 1.82) is 0 Å². The summed E-state index contributed by atoms with van der Waals surface area (Å²) < 4.78 is 0. The third-order valence-corrected chi connectivity index (χ3v) is 4.78. The van der Waals surface area contributed by atoms with E-state index in [9.17, 15) is 0 Å². The predicted octanol–water partition coefficient (Wildman–Crippen LogP) is 3.85. The van der Waals surface area contributed by atoms with Crippen LogP contribution in [0.25, 0.3) is 16.6 Å². The van der Waals surface area contributed by atoms with Crippen LogP contribution in [-0.4, -0.2) is 40.0 Å². The van der Waals surface area contributed by atoms with Gasteiger partial charge >= 0.3 is 0 Å². The van der Waals surface area contributed by atoms with Crippen molar-refractivity contribution in [1.82, 2.24) is 19.9 Å². The molecule has 0 bridgehead atoms. The third kappa shape index (κ3) is 3.28. The third-order valence-electron chi connectivity index (χ3n) is 4.78. The first-order valence-corrected chi connectivity index (χ1v) is 8.74. The lowest BCUT2D eigenvalue weighted by Crippen LogP contribution is -2.23. The Kier molecular flexibility index (Phi) is 4.24. The highest BCUT2D eigenvalue weighted by Crippen LogP contribution is 2.29. The highest BCUT2D eigenvalue weighted by atomic mass is 15.1. The Morgan fingerprint density at radius 2 is 2.16 bits per heavy atom. The van der Waals surface area contributed by atoms with Crippen LogP contribution in [0.5, 0.6) is 0 Å². The van der Waals surface area contributed by atoms with Crippen LogP contribution in [0.15, 0.2) is 48.8 Å². The Balaban J connectivity index is 1.62. The van der Waals surface area contributed by atoms with Gasteiger partial charge in [0.15, 0.2) is 0 Å². The van der Waals surface area contributed by atoms with Crippen LogP contribution in [-0.2, 0) is 0 Å². The van der Waals surface area contributed by atoms with Gasteiger partial charge in [0.25, 0.3) is 0 Å². The fraction of sp³-hybridized carbons (Fsp3) is 0.300. The van der Waals surface area contributed by atoms with E-state index in [-0.39, 0.29) is 6.04 Å². The van der Waals surface area contributed by atoms with Gasteiger partial charge in [-0.25, -0.2) is 4.98 Å². The van der Waals surface area contributed by atoms with Crippen LogP contribution < -0.4 is 5.32 Å². The Bertz CT molecular complexity index is 897. The predicted molar refractivity (Wildman–Crippen MR) is 102 cm³/mol. The topological polar surface area (TPSA) is 56.8 Å². The molecule has 128 valence electrons. The summed E-state index contributed by atoms with van der Waals surface area (Å²) in [5.41, 5.74) is 5.72. The standard InChI is InChI=1S/C20H23N5/c1-14(17-5-3-4-10-21-17)23-19-7-6-18-20(24-19)16(13-22-18)15-8-11-25(2)12-9-15/h3-8,10,13-14,22H,9,11-12H2,1-2H3,(H,23,24). The van der Waals surface area contributed by atoms with Crippen LogP contribution in [0, 0.1) is 0 Å². The molecule has 0 saturated heterocycles. The maximum Gasteiger partial charge on any atom is 0.127 e. The van der Waals surface area contributed by atoms with Crippen molar-refractivity contribution in [3.05, 3.63) is 60.1 Å². The summed E-state index contributed by atoms with van der Waals surface area (Å²) in [7, 11) is 2.15. The summed E-state index contributed by atoms with van der Waals surface area (Å²) in [5, 5.41) is 3.46. The van der Waals surface area contributed by atoms with Gasteiger partial charge in [-0.15, -0.1) is 0 Å². The van der Waals surface area contributed by atoms with Crippen LogP contribution in [0.3, 0.4) is 0 Å². The summed E-state index contributed by atoms with van der Waals surface area (Å²) in [5.74, 6) is 0.875. The fourth-order valence-corrected chi connectivity index (χ4v) is 3.27. The lowest BCUT2D eigenvalue weighted by Gasteiger charge is -2.21. The van der Waals surface area contributed by atoms with Gasteiger partial charge in [0, 0.05) is 31.0 Å². The summed E-state index contributed by atoms with van der Waals surface area (Å²) in [4.78, 5) is 15.0. The van der Waals surface area contributed by atoms with Gasteiger partial charge < -0.3 is 15.2 Å². The number of hydrogen-bond acceptors (Lipinski definition) is 4. The molecule has 3 aromatic rings. The van der Waals surface area contributed by atoms with E-state index in [1.165, 1.54) is 11.1 Å². The number of anilines is 1. The van der Waals surface area contributed by atoms with E-state index in [4.69, 9.17) is 4.98 Å². The Morgan fingerprint density at radius 1 is 1.24 bits per heavy atom. The van der Waals surface area contributed by atoms with Gasteiger partial charge in [0.2, 0.25) is 0 Å².